The maximum atomic E-state index is 12.4. The summed E-state index contributed by atoms with van der Waals surface area (Å²) in [5.74, 6) is -0.625. The number of nitrogens with zero attached hydrogens (tertiary/aromatic N) is 2. The van der Waals surface area contributed by atoms with Crippen LogP contribution in [0.1, 0.15) is 32.1 Å². The van der Waals surface area contributed by atoms with E-state index in [0.717, 1.165) is 23.4 Å². The largest absolute Gasteiger partial charge is 0.349 e. The van der Waals surface area contributed by atoms with Crippen molar-refractivity contribution in [2.75, 3.05) is 32.5 Å². The first-order valence-electron chi connectivity index (χ1n) is 8.15. The van der Waals surface area contributed by atoms with Crippen LogP contribution in [0.2, 0.25) is 0 Å². The van der Waals surface area contributed by atoms with Gasteiger partial charge in [0, 0.05) is 18.8 Å². The lowest BCUT2D eigenvalue weighted by Gasteiger charge is -2.11. The van der Waals surface area contributed by atoms with Crippen LogP contribution in [0.4, 0.5) is 5.69 Å². The van der Waals surface area contributed by atoms with Crippen molar-refractivity contribution in [2.45, 2.75) is 13.8 Å². The Hall–Kier alpha value is -2.73. The molecule has 0 spiro atoms. The van der Waals surface area contributed by atoms with Crippen LogP contribution < -0.4 is 10.6 Å². The zero-order valence-corrected chi connectivity index (χ0v) is 15.1. The van der Waals surface area contributed by atoms with Crippen LogP contribution >= 0.6 is 0 Å². The van der Waals surface area contributed by atoms with Crippen molar-refractivity contribution in [1.29, 1.82) is 0 Å². The quantitative estimate of drug-likeness (QED) is 0.846. The summed E-state index contributed by atoms with van der Waals surface area (Å²) in [6, 6.07) is 10.7. The number of carbonyl (C=O) groups excluding carboxylic acids is 2. The molecule has 0 saturated carbocycles. The second-order valence-corrected chi connectivity index (χ2v) is 6.24. The molecule has 0 aliphatic rings. The highest BCUT2D eigenvalue weighted by Crippen LogP contribution is 2.17. The highest BCUT2D eigenvalue weighted by Gasteiger charge is 2.13. The summed E-state index contributed by atoms with van der Waals surface area (Å²) in [4.78, 5) is 30.7. The number of aryl methyl sites for hydroxylation is 2. The Bertz CT molecular complexity index is 772. The minimum atomic E-state index is -0.336. The fourth-order valence-electron chi connectivity index (χ4n) is 2.23. The van der Waals surface area contributed by atoms with Gasteiger partial charge in [-0.25, -0.2) is 4.98 Å². The van der Waals surface area contributed by atoms with E-state index in [1.165, 1.54) is 0 Å². The fourth-order valence-corrected chi connectivity index (χ4v) is 2.23. The molecule has 25 heavy (non-hydrogen) atoms. The number of amides is 2. The molecule has 0 unspecified atom stereocenters. The second-order valence-electron chi connectivity index (χ2n) is 6.24. The maximum Gasteiger partial charge on any atom is 0.274 e. The molecule has 6 heteroatoms. The Kier molecular flexibility index (Phi) is 6.25. The van der Waals surface area contributed by atoms with E-state index in [-0.39, 0.29) is 23.2 Å². The molecule has 2 amide bonds. The average Bonchev–Trinajstić information content (AvgIpc) is 2.57. The van der Waals surface area contributed by atoms with Crippen molar-refractivity contribution in [3.8, 4) is 0 Å². The molecule has 1 aromatic carbocycles. The summed E-state index contributed by atoms with van der Waals surface area (Å²) in [6.45, 7) is 5.15. The highest BCUT2D eigenvalue weighted by molar-refractivity contribution is 6.04. The van der Waals surface area contributed by atoms with Crippen LogP contribution in [-0.2, 0) is 0 Å². The lowest BCUT2D eigenvalue weighted by atomic mass is 10.1. The summed E-state index contributed by atoms with van der Waals surface area (Å²) < 4.78 is 0. The lowest BCUT2D eigenvalue weighted by Crippen LogP contribution is -2.32. The smallest absolute Gasteiger partial charge is 0.274 e. The molecule has 0 fully saturated rings. The Labute approximate surface area is 148 Å². The monoisotopic (exact) mass is 340 g/mol. The van der Waals surface area contributed by atoms with Crippen molar-refractivity contribution in [2.24, 2.45) is 0 Å². The number of hydrogen-bond acceptors (Lipinski definition) is 4. The number of anilines is 1. The Morgan fingerprint density at radius 2 is 1.72 bits per heavy atom. The van der Waals surface area contributed by atoms with E-state index >= 15 is 0 Å². The molecule has 2 aromatic rings. The van der Waals surface area contributed by atoms with E-state index in [0.29, 0.717) is 6.54 Å². The highest BCUT2D eigenvalue weighted by atomic mass is 16.2. The molecular weight excluding hydrogens is 316 g/mol. The first-order valence-corrected chi connectivity index (χ1v) is 8.15. The van der Waals surface area contributed by atoms with Gasteiger partial charge in [0.15, 0.2) is 0 Å². The van der Waals surface area contributed by atoms with Gasteiger partial charge in [-0.15, -0.1) is 0 Å². The van der Waals surface area contributed by atoms with Crippen LogP contribution in [0.25, 0.3) is 0 Å². The molecule has 0 atom stereocenters. The molecule has 0 bridgehead atoms. The van der Waals surface area contributed by atoms with Crippen molar-refractivity contribution < 1.29 is 9.59 Å². The van der Waals surface area contributed by atoms with Gasteiger partial charge in [0.05, 0.1) is 0 Å². The number of carbonyl (C=O) groups is 2. The molecule has 0 aliphatic heterocycles. The van der Waals surface area contributed by atoms with Gasteiger partial charge in [0.25, 0.3) is 11.8 Å². The molecule has 1 aromatic heterocycles. The number of pyridine rings is 1. The molecular formula is C19H24N4O2. The zero-order valence-electron chi connectivity index (χ0n) is 15.1. The van der Waals surface area contributed by atoms with Crippen molar-refractivity contribution in [1.82, 2.24) is 15.2 Å². The van der Waals surface area contributed by atoms with E-state index in [9.17, 15) is 9.59 Å². The lowest BCUT2D eigenvalue weighted by molar-refractivity contribution is 0.0946. The van der Waals surface area contributed by atoms with Crippen LogP contribution in [0, 0.1) is 13.8 Å². The first kappa shape index (κ1) is 18.6. The molecule has 2 rings (SSSR count). The van der Waals surface area contributed by atoms with Gasteiger partial charge in [0.1, 0.15) is 11.4 Å². The summed E-state index contributed by atoms with van der Waals surface area (Å²) in [5, 5.41) is 5.64. The Morgan fingerprint density at radius 3 is 2.40 bits per heavy atom. The third-order valence-electron chi connectivity index (χ3n) is 3.70. The molecule has 6 nitrogen and oxygen atoms in total. The summed E-state index contributed by atoms with van der Waals surface area (Å²) in [6.07, 6.45) is 0. The minimum Gasteiger partial charge on any atom is -0.349 e. The summed E-state index contributed by atoms with van der Waals surface area (Å²) >= 11 is 0. The summed E-state index contributed by atoms with van der Waals surface area (Å²) in [5.41, 5.74) is 3.21. The van der Waals surface area contributed by atoms with Gasteiger partial charge in [-0.1, -0.05) is 18.2 Å². The van der Waals surface area contributed by atoms with Crippen molar-refractivity contribution in [3.05, 3.63) is 58.9 Å². The first-order chi connectivity index (χ1) is 11.9. The van der Waals surface area contributed by atoms with Gasteiger partial charge >= 0.3 is 0 Å². The van der Waals surface area contributed by atoms with E-state index in [2.05, 4.69) is 15.6 Å². The van der Waals surface area contributed by atoms with Gasteiger partial charge in [-0.05, 0) is 57.3 Å². The van der Waals surface area contributed by atoms with Gasteiger partial charge < -0.3 is 15.5 Å². The molecule has 0 aliphatic carbocycles. The van der Waals surface area contributed by atoms with Crippen molar-refractivity contribution in [3.63, 3.8) is 0 Å². The average molecular weight is 340 g/mol. The number of nitrogens with one attached hydrogen (secondary N) is 2. The number of rotatable bonds is 6. The zero-order chi connectivity index (χ0) is 18.4. The van der Waals surface area contributed by atoms with Crippen LogP contribution in [0.5, 0.6) is 0 Å². The van der Waals surface area contributed by atoms with E-state index in [4.69, 9.17) is 0 Å². The fraction of sp³-hybridized carbons (Fsp3) is 0.316. The predicted molar refractivity (Wildman–Crippen MR) is 99.0 cm³/mol. The molecule has 132 valence electrons. The molecule has 0 saturated heterocycles. The van der Waals surface area contributed by atoms with Crippen LogP contribution in [-0.4, -0.2) is 48.9 Å². The molecule has 0 radical (unpaired) electrons. The molecule has 1 heterocycles. The number of likely N-dealkylation sites (N-methyl/N-ethyl adjacent to an activating group) is 1. The predicted octanol–water partition coefficient (Wildman–Crippen LogP) is 2.24. The van der Waals surface area contributed by atoms with E-state index < -0.39 is 0 Å². The third-order valence-corrected chi connectivity index (χ3v) is 3.70. The van der Waals surface area contributed by atoms with Crippen LogP contribution in [0.3, 0.4) is 0 Å². The van der Waals surface area contributed by atoms with Crippen LogP contribution in [0.15, 0.2) is 36.4 Å². The minimum absolute atomic E-state index is 0.209. The van der Waals surface area contributed by atoms with Gasteiger partial charge in [-0.2, -0.15) is 0 Å². The van der Waals surface area contributed by atoms with E-state index in [1.54, 1.807) is 18.2 Å². The SMILES string of the molecule is Cc1ccc(C)c(NC(=O)c2cccc(C(=O)NCCN(C)C)n2)c1. The Morgan fingerprint density at radius 1 is 1.04 bits per heavy atom. The third kappa shape index (κ3) is 5.39. The topological polar surface area (TPSA) is 74.3 Å². The second kappa shape index (κ2) is 8.39. The normalized spacial score (nSPS) is 10.6. The molecule has 2 N–H and O–H groups in total. The number of benzene rings is 1. The maximum absolute atomic E-state index is 12.4. The van der Waals surface area contributed by atoms with Gasteiger partial charge in [0.2, 0.25) is 0 Å². The Balaban J connectivity index is 2.08. The van der Waals surface area contributed by atoms with E-state index in [1.807, 2.05) is 51.0 Å². The van der Waals surface area contributed by atoms with Crippen molar-refractivity contribution >= 4 is 17.5 Å². The van der Waals surface area contributed by atoms with Gasteiger partial charge in [-0.3, -0.25) is 9.59 Å². The summed E-state index contributed by atoms with van der Waals surface area (Å²) in [7, 11) is 3.87. The number of hydrogen-bond donors (Lipinski definition) is 2. The standard InChI is InChI=1S/C19H24N4O2/c1-13-8-9-14(2)17(12-13)22-19(25)16-7-5-6-15(21-16)18(24)20-10-11-23(3)4/h5-9,12H,10-11H2,1-4H3,(H,20,24)(H,22,25). The number of aromatic nitrogens is 1.